The van der Waals surface area contributed by atoms with Gasteiger partial charge in [0.2, 0.25) is 11.7 Å². The van der Waals surface area contributed by atoms with E-state index in [1.165, 1.54) is 12.1 Å². The van der Waals surface area contributed by atoms with Crippen LogP contribution < -0.4 is 0 Å². The maximum Gasteiger partial charge on any atom is 0.241 e. The zero-order valence-corrected chi connectivity index (χ0v) is 11.0. The third-order valence-corrected chi connectivity index (χ3v) is 3.62. The van der Waals surface area contributed by atoms with Crippen molar-refractivity contribution >= 4 is 0 Å². The molecule has 1 aliphatic heterocycles. The monoisotopic (exact) mass is 277 g/mol. The second-order valence-electron chi connectivity index (χ2n) is 4.97. The molecule has 1 aromatic carbocycles. The summed E-state index contributed by atoms with van der Waals surface area (Å²) in [6.07, 6.45) is 2.07. The minimum Gasteiger partial charge on any atom is -0.395 e. The first-order chi connectivity index (χ1) is 9.76. The van der Waals surface area contributed by atoms with Crippen molar-refractivity contribution in [2.75, 3.05) is 13.2 Å². The summed E-state index contributed by atoms with van der Waals surface area (Å²) in [5.74, 6) is 0.685. The molecule has 0 amide bonds. The molecular formula is C14H16FN3O2. The van der Waals surface area contributed by atoms with E-state index in [1.54, 1.807) is 12.1 Å². The lowest BCUT2D eigenvalue weighted by Crippen LogP contribution is -2.31. The van der Waals surface area contributed by atoms with Crippen molar-refractivity contribution in [2.45, 2.75) is 25.4 Å². The quantitative estimate of drug-likeness (QED) is 0.923. The Morgan fingerprint density at radius 3 is 2.90 bits per heavy atom. The van der Waals surface area contributed by atoms with Crippen molar-refractivity contribution < 1.29 is 14.0 Å². The van der Waals surface area contributed by atoms with Gasteiger partial charge in [-0.25, -0.2) is 4.39 Å². The number of halogens is 1. The molecule has 2 heterocycles. The topological polar surface area (TPSA) is 62.4 Å². The molecule has 3 rings (SSSR count). The molecular weight excluding hydrogens is 261 g/mol. The van der Waals surface area contributed by atoms with Crippen molar-refractivity contribution in [2.24, 2.45) is 0 Å². The molecule has 0 saturated carbocycles. The predicted octanol–water partition coefficient (Wildman–Crippen LogP) is 1.83. The van der Waals surface area contributed by atoms with E-state index in [0.29, 0.717) is 18.3 Å². The summed E-state index contributed by atoms with van der Waals surface area (Å²) in [5, 5.41) is 13.2. The molecule has 0 radical (unpaired) electrons. The number of aliphatic hydroxyl groups excluding tert-OH is 1. The summed E-state index contributed by atoms with van der Waals surface area (Å²) >= 11 is 0. The molecule has 1 fully saturated rings. The average molecular weight is 277 g/mol. The molecule has 1 aliphatic rings. The number of nitrogens with zero attached hydrogens (tertiary/aromatic N) is 3. The Bertz CT molecular complexity index is 570. The summed E-state index contributed by atoms with van der Waals surface area (Å²) in [5.41, 5.74) is 0.724. The minimum atomic E-state index is -0.291. The van der Waals surface area contributed by atoms with Gasteiger partial charge in [0.05, 0.1) is 13.2 Å². The predicted molar refractivity (Wildman–Crippen MR) is 70.2 cm³/mol. The Kier molecular flexibility index (Phi) is 3.75. The summed E-state index contributed by atoms with van der Waals surface area (Å²) in [7, 11) is 0. The SMILES string of the molecule is OC[C@@H]1CCCN1Cc1nc(-c2ccc(F)cc2)no1. The van der Waals surface area contributed by atoms with E-state index < -0.39 is 0 Å². The van der Waals surface area contributed by atoms with E-state index in [1.807, 2.05) is 0 Å². The fourth-order valence-corrected chi connectivity index (χ4v) is 2.52. The van der Waals surface area contributed by atoms with E-state index in [-0.39, 0.29) is 18.5 Å². The van der Waals surface area contributed by atoms with Crippen LogP contribution in [-0.4, -0.2) is 39.3 Å². The van der Waals surface area contributed by atoms with Gasteiger partial charge in [0.1, 0.15) is 5.82 Å². The van der Waals surface area contributed by atoms with Gasteiger partial charge in [0, 0.05) is 11.6 Å². The Balaban J connectivity index is 1.72. The summed E-state index contributed by atoms with van der Waals surface area (Å²) in [6, 6.07) is 6.16. The van der Waals surface area contributed by atoms with Crippen molar-refractivity contribution in [3.63, 3.8) is 0 Å². The summed E-state index contributed by atoms with van der Waals surface area (Å²) in [6.45, 7) is 1.62. The smallest absolute Gasteiger partial charge is 0.241 e. The van der Waals surface area contributed by atoms with Crippen LogP contribution in [0.3, 0.4) is 0 Å². The first kappa shape index (κ1) is 13.2. The van der Waals surface area contributed by atoms with Gasteiger partial charge >= 0.3 is 0 Å². The molecule has 1 N–H and O–H groups in total. The highest BCUT2D eigenvalue weighted by Gasteiger charge is 2.25. The highest BCUT2D eigenvalue weighted by molar-refractivity contribution is 5.53. The number of aromatic nitrogens is 2. The molecule has 1 saturated heterocycles. The standard InChI is InChI=1S/C14H16FN3O2/c15-11-5-3-10(4-6-11)14-16-13(20-17-14)8-18-7-1-2-12(18)9-19/h3-6,12,19H,1-2,7-9H2/t12-/m0/s1. The van der Waals surface area contributed by atoms with Crippen LogP contribution in [-0.2, 0) is 6.54 Å². The molecule has 2 aromatic rings. The van der Waals surface area contributed by atoms with Gasteiger partial charge in [-0.05, 0) is 43.7 Å². The lowest BCUT2D eigenvalue weighted by atomic mass is 10.2. The number of rotatable bonds is 4. The Morgan fingerprint density at radius 1 is 1.35 bits per heavy atom. The van der Waals surface area contributed by atoms with E-state index in [9.17, 15) is 9.50 Å². The maximum atomic E-state index is 12.9. The number of hydrogen-bond donors (Lipinski definition) is 1. The number of hydrogen-bond acceptors (Lipinski definition) is 5. The van der Waals surface area contributed by atoms with Crippen molar-refractivity contribution in [1.29, 1.82) is 0 Å². The van der Waals surface area contributed by atoms with Gasteiger partial charge in [-0.1, -0.05) is 5.16 Å². The van der Waals surface area contributed by atoms with Crippen LogP contribution in [0.2, 0.25) is 0 Å². The molecule has 6 heteroatoms. The molecule has 5 nitrogen and oxygen atoms in total. The van der Waals surface area contributed by atoms with Crippen LogP contribution >= 0.6 is 0 Å². The van der Waals surface area contributed by atoms with Gasteiger partial charge in [0.15, 0.2) is 0 Å². The maximum absolute atomic E-state index is 12.9. The van der Waals surface area contributed by atoms with Crippen molar-refractivity contribution in [3.8, 4) is 11.4 Å². The highest BCUT2D eigenvalue weighted by Crippen LogP contribution is 2.21. The third-order valence-electron chi connectivity index (χ3n) is 3.62. The van der Waals surface area contributed by atoms with Crippen LogP contribution in [0, 0.1) is 5.82 Å². The zero-order valence-electron chi connectivity index (χ0n) is 11.0. The molecule has 1 aromatic heterocycles. The Morgan fingerprint density at radius 2 is 2.15 bits per heavy atom. The summed E-state index contributed by atoms with van der Waals surface area (Å²) < 4.78 is 18.1. The van der Waals surface area contributed by atoms with Crippen LogP contribution in [0.4, 0.5) is 4.39 Å². The second-order valence-corrected chi connectivity index (χ2v) is 4.97. The Hall–Kier alpha value is -1.79. The van der Waals surface area contributed by atoms with Gasteiger partial charge in [-0.2, -0.15) is 4.98 Å². The number of likely N-dealkylation sites (tertiary alicyclic amines) is 1. The lowest BCUT2D eigenvalue weighted by molar-refractivity contribution is 0.141. The van der Waals surface area contributed by atoms with Crippen LogP contribution in [0.25, 0.3) is 11.4 Å². The first-order valence-electron chi connectivity index (χ1n) is 6.69. The molecule has 0 bridgehead atoms. The lowest BCUT2D eigenvalue weighted by Gasteiger charge is -2.20. The van der Waals surface area contributed by atoms with E-state index in [2.05, 4.69) is 15.0 Å². The normalized spacial score (nSPS) is 19.6. The highest BCUT2D eigenvalue weighted by atomic mass is 19.1. The van der Waals surface area contributed by atoms with Crippen LogP contribution in [0.15, 0.2) is 28.8 Å². The zero-order chi connectivity index (χ0) is 13.9. The van der Waals surface area contributed by atoms with Crippen molar-refractivity contribution in [1.82, 2.24) is 15.0 Å². The van der Waals surface area contributed by atoms with Crippen molar-refractivity contribution in [3.05, 3.63) is 36.0 Å². The fraction of sp³-hybridized carbons (Fsp3) is 0.429. The largest absolute Gasteiger partial charge is 0.395 e. The van der Waals surface area contributed by atoms with E-state index in [4.69, 9.17) is 4.52 Å². The number of aliphatic hydroxyl groups is 1. The second kappa shape index (κ2) is 5.68. The minimum absolute atomic E-state index is 0.152. The molecule has 0 aliphatic carbocycles. The van der Waals surface area contributed by atoms with Gasteiger partial charge in [-0.15, -0.1) is 0 Å². The van der Waals surface area contributed by atoms with E-state index in [0.717, 1.165) is 24.9 Å². The molecule has 0 spiro atoms. The van der Waals surface area contributed by atoms with Gasteiger partial charge in [-0.3, -0.25) is 4.90 Å². The average Bonchev–Trinajstić information content (AvgIpc) is 3.09. The third kappa shape index (κ3) is 2.71. The molecule has 20 heavy (non-hydrogen) atoms. The van der Waals surface area contributed by atoms with Gasteiger partial charge < -0.3 is 9.63 Å². The van der Waals surface area contributed by atoms with Crippen LogP contribution in [0.5, 0.6) is 0 Å². The fourth-order valence-electron chi connectivity index (χ4n) is 2.52. The first-order valence-corrected chi connectivity index (χ1v) is 6.69. The Labute approximate surface area is 116 Å². The molecule has 1 atom stereocenters. The van der Waals surface area contributed by atoms with Gasteiger partial charge in [0.25, 0.3) is 0 Å². The van der Waals surface area contributed by atoms with Crippen LogP contribution in [0.1, 0.15) is 18.7 Å². The molecule has 106 valence electrons. The molecule has 0 unspecified atom stereocenters. The number of benzene rings is 1. The van der Waals surface area contributed by atoms with E-state index >= 15 is 0 Å². The summed E-state index contributed by atoms with van der Waals surface area (Å²) in [4.78, 5) is 6.46.